The number of para-hydroxylation sites is 4. The van der Waals surface area contributed by atoms with E-state index in [2.05, 4.69) is 125 Å². The number of allylic oxidation sites excluding steroid dienone is 5. The number of rotatable bonds is 14. The number of benzene rings is 4. The van der Waals surface area contributed by atoms with Gasteiger partial charge in [-0.15, -0.1) is 0 Å². The van der Waals surface area contributed by atoms with Crippen molar-refractivity contribution in [1.82, 2.24) is 0 Å². The van der Waals surface area contributed by atoms with Crippen LogP contribution in [0.25, 0.3) is 16.3 Å². The van der Waals surface area contributed by atoms with Crippen LogP contribution in [0.1, 0.15) is 17.8 Å². The van der Waals surface area contributed by atoms with E-state index in [0.717, 1.165) is 60.7 Å². The van der Waals surface area contributed by atoms with Crippen LogP contribution in [0.15, 0.2) is 180 Å². The van der Waals surface area contributed by atoms with E-state index in [0.29, 0.717) is 13.1 Å². The van der Waals surface area contributed by atoms with Crippen LogP contribution < -0.4 is 14.4 Å². The van der Waals surface area contributed by atoms with Gasteiger partial charge in [-0.05, 0) is 78.6 Å². The van der Waals surface area contributed by atoms with Crippen LogP contribution in [0.2, 0.25) is 0 Å². The summed E-state index contributed by atoms with van der Waals surface area (Å²) in [4.78, 5) is 29.4. The molecule has 7 rings (SSSR count). The molecule has 0 spiro atoms. The first-order valence-corrected chi connectivity index (χ1v) is 19.4. The number of hydrogen-bond donors (Lipinski definition) is 0. The van der Waals surface area contributed by atoms with Gasteiger partial charge in [0.15, 0.2) is 13.2 Å². The third kappa shape index (κ3) is 8.17. The number of nitrogens with zero attached hydrogens (tertiary/aromatic N) is 3. The minimum Gasteiger partial charge on any atom is -0.461 e. The van der Waals surface area contributed by atoms with Gasteiger partial charge in [0.25, 0.3) is 5.01 Å². The topological polar surface area (TPSA) is 63.0 Å². The van der Waals surface area contributed by atoms with Gasteiger partial charge < -0.3 is 19.3 Å². The lowest BCUT2D eigenvalue weighted by Crippen LogP contribution is -2.37. The van der Waals surface area contributed by atoms with Crippen LogP contribution in [-0.4, -0.2) is 31.7 Å². The summed E-state index contributed by atoms with van der Waals surface area (Å²) in [6.45, 7) is 8.60. The van der Waals surface area contributed by atoms with E-state index in [1.54, 1.807) is 23.1 Å². The number of carbonyl (C=O) groups is 2. The average Bonchev–Trinajstić information content (AvgIpc) is 3.90. The standard InChI is InChI=1S/C45H40N3O4S2/c1-3-43(49)51-31-29-46-37-19-11-13-21-39(37)53-41(46)27-25-33-23-24-34(45(33)48(35-15-7-5-8-16-35)36-17-9-6-10-18-36)26-28-42-47(30-32-52-44(50)4-2)38-20-12-14-22-40(38)54-42/h3-22,25-28H,1-2,23-24,29-32H2/q+1. The first-order valence-electron chi connectivity index (χ1n) is 17.8. The van der Waals surface area contributed by atoms with Gasteiger partial charge in [-0.3, -0.25) is 0 Å². The van der Waals surface area contributed by atoms with E-state index >= 15 is 0 Å². The molecule has 9 heteroatoms. The molecule has 270 valence electrons. The zero-order valence-corrected chi connectivity index (χ0v) is 31.4. The Bertz CT molecular complexity index is 2270. The molecule has 1 aliphatic carbocycles. The van der Waals surface area contributed by atoms with Gasteiger partial charge in [-0.25, -0.2) is 9.59 Å². The molecule has 4 aromatic carbocycles. The smallest absolute Gasteiger partial charge is 0.330 e. The maximum absolute atomic E-state index is 11.8. The molecule has 0 saturated carbocycles. The van der Waals surface area contributed by atoms with E-state index < -0.39 is 11.9 Å². The first-order chi connectivity index (χ1) is 26.5. The van der Waals surface area contributed by atoms with Crippen LogP contribution in [-0.2, 0) is 25.6 Å². The largest absolute Gasteiger partial charge is 0.461 e. The summed E-state index contributed by atoms with van der Waals surface area (Å²) >= 11 is 3.43. The molecule has 1 aliphatic heterocycles. The molecule has 0 unspecified atom stereocenters. The van der Waals surface area contributed by atoms with Gasteiger partial charge in [0.2, 0.25) is 5.52 Å². The number of anilines is 3. The monoisotopic (exact) mass is 750 g/mol. The predicted molar refractivity (Wildman–Crippen MR) is 220 cm³/mol. The Kier molecular flexibility index (Phi) is 11.7. The van der Waals surface area contributed by atoms with Crippen molar-refractivity contribution >= 4 is 68.4 Å². The fraction of sp³-hybridized carbons (Fsp3) is 0.133. The predicted octanol–water partition coefficient (Wildman–Crippen LogP) is 9.93. The number of thiazole rings is 1. The van der Waals surface area contributed by atoms with Crippen LogP contribution in [0.4, 0.5) is 17.1 Å². The Hall–Kier alpha value is -5.90. The second-order valence-corrected chi connectivity index (χ2v) is 14.6. The number of ether oxygens (including phenoxy) is 2. The number of hydrogen-bond acceptors (Lipinski definition) is 8. The molecule has 0 radical (unpaired) electrons. The maximum atomic E-state index is 11.8. The van der Waals surface area contributed by atoms with Crippen LogP contribution in [0.5, 0.6) is 0 Å². The van der Waals surface area contributed by atoms with Gasteiger partial charge in [-0.2, -0.15) is 4.57 Å². The lowest BCUT2D eigenvalue weighted by molar-refractivity contribution is -0.669. The Morgan fingerprint density at radius 3 is 2.13 bits per heavy atom. The number of aromatic nitrogens is 1. The van der Waals surface area contributed by atoms with Gasteiger partial charge in [0.05, 0.1) is 23.0 Å². The van der Waals surface area contributed by atoms with Crippen molar-refractivity contribution in [1.29, 1.82) is 0 Å². The van der Waals surface area contributed by atoms with Crippen molar-refractivity contribution in [3.8, 4) is 0 Å². The Morgan fingerprint density at radius 1 is 0.759 bits per heavy atom. The normalized spacial score (nSPS) is 15.3. The van der Waals surface area contributed by atoms with Crippen LogP contribution >= 0.6 is 23.1 Å². The summed E-state index contributed by atoms with van der Waals surface area (Å²) in [5.41, 5.74) is 7.89. The number of fused-ring (bicyclic) bond motifs is 2. The highest BCUT2D eigenvalue weighted by Gasteiger charge is 2.28. The number of esters is 2. The molecule has 0 fully saturated rings. The van der Waals surface area contributed by atoms with Gasteiger partial charge in [0, 0.05) is 40.6 Å². The molecule has 0 amide bonds. The lowest BCUT2D eigenvalue weighted by Gasteiger charge is -2.28. The molecular weight excluding hydrogens is 711 g/mol. The second kappa shape index (κ2) is 17.3. The quantitative estimate of drug-likeness (QED) is 0.0636. The average molecular weight is 751 g/mol. The summed E-state index contributed by atoms with van der Waals surface area (Å²) in [6.07, 6.45) is 13.0. The molecular formula is C45H40N3O4S2+. The van der Waals surface area contributed by atoms with E-state index in [1.165, 1.54) is 23.3 Å². The zero-order chi connectivity index (χ0) is 37.3. The highest BCUT2D eigenvalue weighted by Crippen LogP contribution is 2.47. The van der Waals surface area contributed by atoms with E-state index in [-0.39, 0.29) is 13.2 Å². The fourth-order valence-corrected chi connectivity index (χ4v) is 8.82. The third-order valence-corrected chi connectivity index (χ3v) is 11.4. The van der Waals surface area contributed by atoms with Crippen LogP contribution in [0.3, 0.4) is 0 Å². The minimum atomic E-state index is -0.427. The van der Waals surface area contributed by atoms with Crippen molar-refractivity contribution in [2.45, 2.75) is 24.3 Å². The maximum Gasteiger partial charge on any atom is 0.330 e. The van der Waals surface area contributed by atoms with Gasteiger partial charge in [0.1, 0.15) is 11.3 Å². The van der Waals surface area contributed by atoms with Crippen molar-refractivity contribution < 1.29 is 23.6 Å². The lowest BCUT2D eigenvalue weighted by atomic mass is 10.1. The summed E-state index contributed by atoms with van der Waals surface area (Å²) in [5, 5.41) is 2.13. The summed E-state index contributed by atoms with van der Waals surface area (Å²) in [7, 11) is 0. The molecule has 1 aromatic heterocycles. The Balaban J connectivity index is 1.31. The number of thioether (sulfide) groups is 1. The van der Waals surface area contributed by atoms with E-state index in [9.17, 15) is 9.59 Å². The third-order valence-electron chi connectivity index (χ3n) is 9.10. The fourth-order valence-electron chi connectivity index (χ4n) is 6.64. The van der Waals surface area contributed by atoms with Crippen molar-refractivity contribution in [3.63, 3.8) is 0 Å². The minimum absolute atomic E-state index is 0.248. The van der Waals surface area contributed by atoms with Crippen molar-refractivity contribution in [2.75, 3.05) is 29.6 Å². The molecule has 0 atom stereocenters. The SMILES string of the molecule is C=CC(=O)OCCN1C(=CC=C2CCC(C=Cc3sc4ccccc4[n+]3CCOC(=O)C=C)=C2N(c2ccccc2)c2ccccc2)Sc2ccccc21. The number of carbonyl (C=O) groups excluding carboxylic acids is 2. The Labute approximate surface area is 324 Å². The molecule has 5 aromatic rings. The molecule has 0 bridgehead atoms. The van der Waals surface area contributed by atoms with Crippen molar-refractivity contribution in [2.24, 2.45) is 0 Å². The molecule has 2 heterocycles. The molecule has 54 heavy (non-hydrogen) atoms. The molecule has 7 nitrogen and oxygen atoms in total. The van der Waals surface area contributed by atoms with Gasteiger partial charge >= 0.3 is 11.9 Å². The van der Waals surface area contributed by atoms with E-state index in [4.69, 9.17) is 9.47 Å². The molecule has 0 N–H and O–H groups in total. The molecule has 2 aliphatic rings. The van der Waals surface area contributed by atoms with Crippen molar-refractivity contribution in [3.05, 3.63) is 180 Å². The van der Waals surface area contributed by atoms with Crippen LogP contribution in [0, 0.1) is 0 Å². The zero-order valence-electron chi connectivity index (χ0n) is 29.8. The highest BCUT2D eigenvalue weighted by atomic mass is 32.2. The highest BCUT2D eigenvalue weighted by molar-refractivity contribution is 8.03. The summed E-state index contributed by atoms with van der Waals surface area (Å²) < 4.78 is 14.1. The first kappa shape index (κ1) is 36.5. The summed E-state index contributed by atoms with van der Waals surface area (Å²) in [6, 6.07) is 37.6. The second-order valence-electron chi connectivity index (χ2n) is 12.4. The Morgan fingerprint density at radius 2 is 1.41 bits per heavy atom. The summed E-state index contributed by atoms with van der Waals surface area (Å²) in [5.74, 6) is -0.855. The molecule has 0 saturated heterocycles. The van der Waals surface area contributed by atoms with Gasteiger partial charge in [-0.1, -0.05) is 103 Å². The van der Waals surface area contributed by atoms with E-state index in [1.807, 2.05) is 36.4 Å².